The topological polar surface area (TPSA) is 192 Å². The van der Waals surface area contributed by atoms with E-state index in [1.54, 1.807) is 31.7 Å². The average molecular weight is 1050 g/mol. The number of nitrogens with zero attached hydrogens (tertiary/aromatic N) is 7. The van der Waals surface area contributed by atoms with Gasteiger partial charge in [-0.25, -0.2) is 9.36 Å². The van der Waals surface area contributed by atoms with Crippen LogP contribution in [0.1, 0.15) is 48.6 Å². The number of likely N-dealkylation sites (tertiary alicyclic amines) is 1. The van der Waals surface area contributed by atoms with Crippen LogP contribution in [0.15, 0.2) is 121 Å². The number of carbonyl (C=O) groups excluding carboxylic acids is 3. The minimum atomic E-state index is -0.595. The van der Waals surface area contributed by atoms with Crippen LogP contribution in [0.4, 0.5) is 0 Å². The Morgan fingerprint density at radius 3 is 2.29 bits per heavy atom. The third-order valence-electron chi connectivity index (χ3n) is 12.9. The molecule has 1 fully saturated rings. The highest BCUT2D eigenvalue weighted by atomic mass is 32.1. The van der Waals surface area contributed by atoms with Crippen molar-refractivity contribution in [2.45, 2.75) is 65.8 Å². The van der Waals surface area contributed by atoms with Crippen LogP contribution in [-0.2, 0) is 53.0 Å². The van der Waals surface area contributed by atoms with Gasteiger partial charge in [-0.1, -0.05) is 53.2 Å². The molecule has 0 saturated carbocycles. The minimum Gasteiger partial charge on any atom is -0.487 e. The molecule has 1 atom stereocenters. The Balaban J connectivity index is 0.000000299. The number of amides is 3. The number of benzene rings is 4. The molecule has 9 rings (SSSR count). The smallest absolute Gasteiger partial charge is 0.247 e. The van der Waals surface area contributed by atoms with Crippen molar-refractivity contribution in [2.75, 3.05) is 65.9 Å². The number of piperidine rings is 1. The monoisotopic (exact) mass is 1050 g/mol. The molecule has 1 aliphatic heterocycles. The van der Waals surface area contributed by atoms with E-state index in [-0.39, 0.29) is 12.5 Å². The fraction of sp³-hybridized carbons (Fsp3) is 0.345. The number of para-hydroxylation sites is 1. The van der Waals surface area contributed by atoms with E-state index in [0.29, 0.717) is 102 Å². The number of fused-ring (bicyclic) bond motifs is 3. The highest BCUT2D eigenvalue weighted by Crippen LogP contribution is 2.35. The summed E-state index contributed by atoms with van der Waals surface area (Å²) >= 11 is 1.80. The summed E-state index contributed by atoms with van der Waals surface area (Å²) < 4.78 is 33.9. The molecular weight excluding hydrogens is 983 g/mol. The first-order valence-corrected chi connectivity index (χ1v) is 26.7. The summed E-state index contributed by atoms with van der Waals surface area (Å²) in [6, 6.07) is 32.9. The van der Waals surface area contributed by atoms with E-state index in [1.165, 1.54) is 43.9 Å². The number of thiophene rings is 1. The van der Waals surface area contributed by atoms with Crippen LogP contribution in [0.5, 0.6) is 5.75 Å². The maximum atomic E-state index is 13.2. The van der Waals surface area contributed by atoms with Gasteiger partial charge in [-0.05, 0) is 117 Å². The Bertz CT molecular complexity index is 3170. The van der Waals surface area contributed by atoms with Gasteiger partial charge in [-0.15, -0.1) is 16.4 Å². The summed E-state index contributed by atoms with van der Waals surface area (Å²) in [6.45, 7) is 12.8. The molecule has 0 spiro atoms. The largest absolute Gasteiger partial charge is 0.487 e. The van der Waals surface area contributed by atoms with E-state index in [4.69, 9.17) is 34.5 Å². The van der Waals surface area contributed by atoms with Gasteiger partial charge in [-0.2, -0.15) is 5.10 Å². The van der Waals surface area contributed by atoms with Gasteiger partial charge in [0, 0.05) is 69.7 Å². The van der Waals surface area contributed by atoms with Crippen molar-refractivity contribution in [1.82, 2.24) is 39.6 Å². The molecule has 0 aliphatic carbocycles. The molecule has 398 valence electrons. The van der Waals surface area contributed by atoms with Crippen LogP contribution in [0.2, 0.25) is 0 Å². The summed E-state index contributed by atoms with van der Waals surface area (Å²) in [5.74, 6) is -0.0392. The molecule has 76 heavy (non-hydrogen) atoms. The van der Waals surface area contributed by atoms with E-state index >= 15 is 0 Å². The molecular formula is C58H67N9O8S. The molecule has 1 unspecified atom stereocenters. The predicted molar refractivity (Wildman–Crippen MR) is 296 cm³/mol. The van der Waals surface area contributed by atoms with Crippen LogP contribution in [0.3, 0.4) is 0 Å². The summed E-state index contributed by atoms with van der Waals surface area (Å²) in [6.07, 6.45) is 9.87. The zero-order valence-electron chi connectivity index (χ0n) is 43.5. The summed E-state index contributed by atoms with van der Waals surface area (Å²) in [5, 5.41) is 20.7. The molecule has 0 radical (unpaired) electrons. The first-order valence-electron chi connectivity index (χ1n) is 25.8. The van der Waals surface area contributed by atoms with Gasteiger partial charge < -0.3 is 44.2 Å². The number of carbonyl (C=O) groups is 3. The van der Waals surface area contributed by atoms with Crippen molar-refractivity contribution in [1.29, 1.82) is 0 Å². The summed E-state index contributed by atoms with van der Waals surface area (Å²) in [5.41, 5.74) is 15.7. The highest BCUT2D eigenvalue weighted by molar-refractivity contribution is 7.13. The van der Waals surface area contributed by atoms with Gasteiger partial charge in [-0.3, -0.25) is 14.4 Å². The van der Waals surface area contributed by atoms with E-state index in [2.05, 4.69) is 88.0 Å². The van der Waals surface area contributed by atoms with Gasteiger partial charge >= 0.3 is 0 Å². The Hall–Kier alpha value is -7.48. The van der Waals surface area contributed by atoms with Gasteiger partial charge in [0.15, 0.2) is 0 Å². The number of hydrogen-bond acceptors (Lipinski definition) is 12. The average Bonchev–Trinajstić information content (AvgIpc) is 4.29. The Morgan fingerprint density at radius 2 is 1.57 bits per heavy atom. The fourth-order valence-corrected chi connectivity index (χ4v) is 9.80. The highest BCUT2D eigenvalue weighted by Gasteiger charge is 2.29. The van der Waals surface area contributed by atoms with Crippen LogP contribution >= 0.6 is 11.3 Å². The normalized spacial score (nSPS) is 13.6. The fourth-order valence-electron chi connectivity index (χ4n) is 9.08. The quantitative estimate of drug-likeness (QED) is 0.0300. The van der Waals surface area contributed by atoms with E-state index < -0.39 is 11.9 Å². The molecule has 1 saturated heterocycles. The molecule has 3 amide bonds. The summed E-state index contributed by atoms with van der Waals surface area (Å²) in [7, 11) is 0. The number of primary amides is 1. The first kappa shape index (κ1) is 54.8. The third kappa shape index (κ3) is 14.7. The number of rotatable bonds is 26. The molecule has 1 aliphatic rings. The summed E-state index contributed by atoms with van der Waals surface area (Å²) in [4.78, 5) is 38.3. The van der Waals surface area contributed by atoms with Gasteiger partial charge in [0.25, 0.3) is 0 Å². The molecule has 8 aromatic rings. The number of nitrogens with one attached hydrogen (secondary N) is 1. The van der Waals surface area contributed by atoms with Crippen molar-refractivity contribution in [3.05, 3.63) is 143 Å². The second kappa shape index (κ2) is 27.9. The number of hydrogen-bond donors (Lipinski definition) is 2. The Labute approximate surface area is 447 Å². The van der Waals surface area contributed by atoms with Crippen LogP contribution in [0, 0.1) is 13.8 Å². The molecule has 0 bridgehead atoms. The predicted octanol–water partition coefficient (Wildman–Crippen LogP) is 8.56. The molecule has 4 aromatic heterocycles. The first-order chi connectivity index (χ1) is 37.2. The lowest BCUT2D eigenvalue weighted by atomic mass is 10.0. The van der Waals surface area contributed by atoms with Crippen molar-refractivity contribution in [3.8, 4) is 33.1 Å². The maximum absolute atomic E-state index is 13.2. The minimum absolute atomic E-state index is 0.238. The van der Waals surface area contributed by atoms with E-state index in [1.807, 2.05) is 67.8 Å². The number of ether oxygens (including phenoxy) is 5. The molecule has 5 heterocycles. The molecule has 3 N–H and O–H groups in total. The number of aryl methyl sites for hydroxylation is 3. The maximum Gasteiger partial charge on any atom is 0.247 e. The van der Waals surface area contributed by atoms with Crippen molar-refractivity contribution in [2.24, 2.45) is 5.73 Å². The van der Waals surface area contributed by atoms with Crippen LogP contribution in [0.25, 0.3) is 55.3 Å². The SMILES string of the molecule is CCn1c2ccc(C)cc2c2ccc(-c3cccs3)cc21.Cc1cc(-c2nn(-c3ccccc3)cc2/C=C/C(=O)N2CCCCC2C(N)=O)ccc1OCc1cn(CCOCCOCCOCCOCCNC=O)nn1. The molecule has 4 aromatic carbocycles. The zero-order chi connectivity index (χ0) is 53.1. The lowest BCUT2D eigenvalue weighted by Crippen LogP contribution is -2.49. The second-order valence-electron chi connectivity index (χ2n) is 18.2. The van der Waals surface area contributed by atoms with Crippen molar-refractivity contribution in [3.63, 3.8) is 0 Å². The molecule has 17 nitrogen and oxygen atoms in total. The van der Waals surface area contributed by atoms with Crippen LogP contribution < -0.4 is 15.8 Å². The van der Waals surface area contributed by atoms with Crippen molar-refractivity contribution < 1.29 is 38.1 Å². The van der Waals surface area contributed by atoms with Crippen LogP contribution in [-0.4, -0.2) is 124 Å². The number of aromatic nitrogens is 6. The van der Waals surface area contributed by atoms with Crippen molar-refractivity contribution >= 4 is 57.4 Å². The lowest BCUT2D eigenvalue weighted by molar-refractivity contribution is -0.137. The van der Waals surface area contributed by atoms with Gasteiger partial charge in [0.1, 0.15) is 24.1 Å². The Kier molecular flexibility index (Phi) is 20.1. The van der Waals surface area contributed by atoms with E-state index in [0.717, 1.165) is 41.8 Å². The molecule has 18 heteroatoms. The van der Waals surface area contributed by atoms with Gasteiger partial charge in [0.2, 0.25) is 18.2 Å². The third-order valence-corrected chi connectivity index (χ3v) is 13.8. The number of nitrogens with two attached hydrogens (primary N) is 1. The van der Waals surface area contributed by atoms with E-state index in [9.17, 15) is 14.4 Å². The standard InChI is InChI=1S/C39H50N8O8.C19H17NS/c1-30-25-31(38-32(26-47(43-38)34-7-3-2-4-8-34)11-13-37(49)46-15-6-5-9-35(46)39(40)50)10-12-36(30)55-28-33-27-45(44-42-33)16-18-52-20-22-54-24-23-53-21-19-51-17-14-41-29-48;1-3-20-17-9-6-13(2)11-16(17)15-8-7-14(12-18(15)20)19-5-4-10-21-19/h2-4,7-8,10-13,25-27,29,35H,5-6,9,14-24,28H2,1H3,(H2,40,50)(H,41,48);4-12H,3H2,1-2H3/b13-11+;. The Morgan fingerprint density at radius 1 is 0.803 bits per heavy atom. The lowest BCUT2D eigenvalue weighted by Gasteiger charge is -2.32. The zero-order valence-corrected chi connectivity index (χ0v) is 44.3. The second-order valence-corrected chi connectivity index (χ2v) is 19.2. The van der Waals surface area contributed by atoms with Gasteiger partial charge in [0.05, 0.1) is 77.0 Å².